The number of pyridine rings is 1. The fraction of sp³-hybridized carbons (Fsp3) is 0.364. The van der Waals surface area contributed by atoms with E-state index in [4.69, 9.17) is 0 Å². The van der Waals surface area contributed by atoms with Crippen molar-refractivity contribution in [2.75, 3.05) is 6.54 Å². The first kappa shape index (κ1) is 20.9. The zero-order valence-electron chi connectivity index (χ0n) is 17.1. The fourth-order valence-corrected chi connectivity index (χ4v) is 4.23. The number of nitrogens with one attached hydrogen (secondary N) is 1. The molecule has 2 aromatic rings. The second kappa shape index (κ2) is 8.27. The first-order valence-electron chi connectivity index (χ1n) is 9.74. The number of rotatable bonds is 5. The summed E-state index contributed by atoms with van der Waals surface area (Å²) < 4.78 is 13.3. The molecule has 1 aliphatic rings. The molecule has 29 heavy (non-hydrogen) atoms. The number of aryl methyl sites for hydroxylation is 3. The van der Waals surface area contributed by atoms with E-state index in [-0.39, 0.29) is 30.2 Å². The number of carbonyl (C=O) groups is 3. The molecule has 7 heteroatoms. The maximum atomic E-state index is 13.3. The summed E-state index contributed by atoms with van der Waals surface area (Å²) in [6.45, 7) is 6.07. The first-order valence-corrected chi connectivity index (χ1v) is 9.74. The van der Waals surface area contributed by atoms with Gasteiger partial charge in [0.25, 0.3) is 5.91 Å². The topological polar surface area (TPSA) is 76.1 Å². The standard InChI is InChI=1S/C22H24BFN2O3/c1-11-8-12(2)18(13(3)9-11)19-16(27)10-14(21(19)28)6-7-25-22(29)20-15(23)4-5-17(24)26-20/h4-5,8-9,14,19H,6-7,10,23H2,1-3H3,(H,25,29). The lowest BCUT2D eigenvalue weighted by atomic mass is 9.86. The van der Waals surface area contributed by atoms with Crippen molar-refractivity contribution in [3.05, 3.63) is 58.2 Å². The van der Waals surface area contributed by atoms with E-state index >= 15 is 0 Å². The molecular formula is C22H24BFN2O3. The monoisotopic (exact) mass is 394 g/mol. The van der Waals surface area contributed by atoms with Gasteiger partial charge in [-0.2, -0.15) is 4.39 Å². The molecule has 0 saturated heterocycles. The zero-order valence-corrected chi connectivity index (χ0v) is 17.1. The number of carbonyl (C=O) groups excluding carboxylic acids is 3. The summed E-state index contributed by atoms with van der Waals surface area (Å²) in [5.74, 6) is -2.49. The normalized spacial score (nSPS) is 18.9. The molecule has 1 saturated carbocycles. The molecule has 1 fully saturated rings. The largest absolute Gasteiger partial charge is 0.351 e. The highest BCUT2D eigenvalue weighted by Crippen LogP contribution is 2.37. The third kappa shape index (κ3) is 4.28. The van der Waals surface area contributed by atoms with Gasteiger partial charge in [-0.25, -0.2) is 4.98 Å². The van der Waals surface area contributed by atoms with Gasteiger partial charge < -0.3 is 5.32 Å². The van der Waals surface area contributed by atoms with Crippen LogP contribution >= 0.6 is 0 Å². The summed E-state index contributed by atoms with van der Waals surface area (Å²) in [4.78, 5) is 41.5. The average Bonchev–Trinajstić information content (AvgIpc) is 2.91. The van der Waals surface area contributed by atoms with Crippen molar-refractivity contribution in [2.45, 2.75) is 39.5 Å². The van der Waals surface area contributed by atoms with Gasteiger partial charge in [0.2, 0.25) is 5.95 Å². The summed E-state index contributed by atoms with van der Waals surface area (Å²) >= 11 is 0. The minimum atomic E-state index is -0.719. The molecule has 2 unspecified atom stereocenters. The summed E-state index contributed by atoms with van der Waals surface area (Å²) in [6, 6.07) is 6.67. The Morgan fingerprint density at radius 2 is 1.86 bits per heavy atom. The number of halogens is 1. The van der Waals surface area contributed by atoms with Gasteiger partial charge >= 0.3 is 0 Å². The first-order chi connectivity index (χ1) is 13.7. The van der Waals surface area contributed by atoms with Crippen LogP contribution in [0.5, 0.6) is 0 Å². The second-order valence-corrected chi connectivity index (χ2v) is 7.86. The molecule has 2 atom stereocenters. The van der Waals surface area contributed by atoms with E-state index in [0.29, 0.717) is 11.9 Å². The minimum Gasteiger partial charge on any atom is -0.351 e. The summed E-state index contributed by atoms with van der Waals surface area (Å²) in [7, 11) is 1.68. The Kier molecular flexibility index (Phi) is 5.96. The lowest BCUT2D eigenvalue weighted by molar-refractivity contribution is -0.124. The van der Waals surface area contributed by atoms with Crippen LogP contribution in [-0.2, 0) is 9.59 Å². The quantitative estimate of drug-likeness (QED) is 0.474. The number of nitrogens with zero attached hydrogens (tertiary/aromatic N) is 1. The number of ketones is 2. The van der Waals surface area contributed by atoms with Crippen LogP contribution < -0.4 is 10.8 Å². The van der Waals surface area contributed by atoms with Crippen LogP contribution in [0, 0.1) is 32.6 Å². The maximum Gasteiger partial charge on any atom is 0.269 e. The third-order valence-corrected chi connectivity index (χ3v) is 5.54. The minimum absolute atomic E-state index is 0.0302. The van der Waals surface area contributed by atoms with E-state index in [9.17, 15) is 18.8 Å². The second-order valence-electron chi connectivity index (χ2n) is 7.86. The van der Waals surface area contributed by atoms with Crippen LogP contribution in [-0.4, -0.2) is 36.8 Å². The van der Waals surface area contributed by atoms with Gasteiger partial charge in [0.05, 0.1) is 0 Å². The van der Waals surface area contributed by atoms with Crippen LogP contribution in [0.2, 0.25) is 0 Å². The number of amides is 1. The van der Waals surface area contributed by atoms with Crippen LogP contribution in [0.15, 0.2) is 24.3 Å². The third-order valence-electron chi connectivity index (χ3n) is 5.54. The Bertz CT molecular complexity index is 983. The smallest absolute Gasteiger partial charge is 0.269 e. The van der Waals surface area contributed by atoms with Gasteiger partial charge in [0.1, 0.15) is 25.2 Å². The van der Waals surface area contributed by atoms with Crippen LogP contribution in [0.25, 0.3) is 0 Å². The van der Waals surface area contributed by atoms with Crippen molar-refractivity contribution in [1.29, 1.82) is 0 Å². The predicted molar refractivity (Wildman–Crippen MR) is 111 cm³/mol. The highest BCUT2D eigenvalue weighted by Gasteiger charge is 2.42. The number of benzene rings is 1. The van der Waals surface area contributed by atoms with Gasteiger partial charge in [-0.05, 0) is 49.9 Å². The van der Waals surface area contributed by atoms with E-state index < -0.39 is 23.7 Å². The van der Waals surface area contributed by atoms with Crippen molar-refractivity contribution >= 4 is 30.8 Å². The van der Waals surface area contributed by atoms with Gasteiger partial charge in [-0.1, -0.05) is 29.2 Å². The summed E-state index contributed by atoms with van der Waals surface area (Å²) in [6.07, 6.45) is 0.550. The molecule has 1 N–H and O–H groups in total. The van der Waals surface area contributed by atoms with E-state index in [1.807, 2.05) is 32.9 Å². The van der Waals surface area contributed by atoms with Gasteiger partial charge in [-0.3, -0.25) is 14.4 Å². The van der Waals surface area contributed by atoms with E-state index in [2.05, 4.69) is 10.3 Å². The Hall–Kier alpha value is -2.83. The van der Waals surface area contributed by atoms with Crippen molar-refractivity contribution < 1.29 is 18.8 Å². The zero-order chi connectivity index (χ0) is 21.3. The van der Waals surface area contributed by atoms with Crippen molar-refractivity contribution in [3.8, 4) is 0 Å². The Morgan fingerprint density at radius 1 is 1.21 bits per heavy atom. The summed E-state index contributed by atoms with van der Waals surface area (Å²) in [5.41, 5.74) is 4.43. The number of hydrogen-bond acceptors (Lipinski definition) is 4. The summed E-state index contributed by atoms with van der Waals surface area (Å²) in [5, 5.41) is 2.68. The Morgan fingerprint density at radius 3 is 2.52 bits per heavy atom. The van der Waals surface area contributed by atoms with Crippen LogP contribution in [0.4, 0.5) is 4.39 Å². The van der Waals surface area contributed by atoms with Crippen LogP contribution in [0.1, 0.15) is 51.5 Å². The highest BCUT2D eigenvalue weighted by atomic mass is 19.1. The molecule has 1 amide bonds. The maximum absolute atomic E-state index is 13.3. The molecular weight excluding hydrogens is 370 g/mol. The molecule has 0 aliphatic heterocycles. The molecule has 5 nitrogen and oxygen atoms in total. The van der Waals surface area contributed by atoms with Gasteiger partial charge in [0.15, 0.2) is 5.78 Å². The predicted octanol–water partition coefficient (Wildman–Crippen LogP) is 1.47. The van der Waals surface area contributed by atoms with Gasteiger partial charge in [0, 0.05) is 18.9 Å². The Balaban J connectivity index is 1.67. The highest BCUT2D eigenvalue weighted by molar-refractivity contribution is 6.36. The van der Waals surface area contributed by atoms with Crippen molar-refractivity contribution in [3.63, 3.8) is 0 Å². The SMILES string of the molecule is Bc1ccc(F)nc1C(=O)NCCC1CC(=O)C(c2c(C)cc(C)cc2C)C1=O. The van der Waals surface area contributed by atoms with Gasteiger partial charge in [-0.15, -0.1) is 0 Å². The number of hydrogen-bond donors (Lipinski definition) is 1. The molecule has 0 spiro atoms. The molecule has 0 radical (unpaired) electrons. The lowest BCUT2D eigenvalue weighted by Crippen LogP contribution is -2.32. The Labute approximate surface area is 170 Å². The molecule has 3 rings (SSSR count). The molecule has 0 bridgehead atoms. The molecule has 1 aliphatic carbocycles. The molecule has 1 aromatic heterocycles. The average molecular weight is 394 g/mol. The van der Waals surface area contributed by atoms with E-state index in [1.165, 1.54) is 12.1 Å². The molecule has 1 aromatic carbocycles. The van der Waals surface area contributed by atoms with E-state index in [1.54, 1.807) is 7.85 Å². The van der Waals surface area contributed by atoms with Crippen molar-refractivity contribution in [2.24, 2.45) is 5.92 Å². The fourth-order valence-electron chi connectivity index (χ4n) is 4.23. The molecule has 150 valence electrons. The number of aromatic nitrogens is 1. The van der Waals surface area contributed by atoms with Crippen LogP contribution in [0.3, 0.4) is 0 Å². The number of Topliss-reactive ketones (excluding diaryl/α,β-unsaturated/α-hetero) is 2. The lowest BCUT2D eigenvalue weighted by Gasteiger charge is -2.16. The van der Waals surface area contributed by atoms with E-state index in [0.717, 1.165) is 22.3 Å². The van der Waals surface area contributed by atoms with Crippen molar-refractivity contribution in [1.82, 2.24) is 10.3 Å². The molecule has 1 heterocycles.